The van der Waals surface area contributed by atoms with Gasteiger partial charge in [0.1, 0.15) is 18.3 Å². The summed E-state index contributed by atoms with van der Waals surface area (Å²) in [4.78, 5) is 19.9. The lowest BCUT2D eigenvalue weighted by atomic mass is 10.1. The largest absolute Gasteiger partial charge is 0.790 e. The number of aliphatic hydroxyl groups is 4. The Morgan fingerprint density at radius 3 is 2.07 bits per heavy atom. The van der Waals surface area contributed by atoms with E-state index in [1.807, 2.05) is 0 Å². The average Bonchev–Trinajstić information content (AvgIpc) is 2.10. The van der Waals surface area contributed by atoms with Crippen LogP contribution in [0.1, 0.15) is 0 Å². The van der Waals surface area contributed by atoms with Gasteiger partial charge in [-0.05, 0) is 0 Å². The molecule has 4 N–H and O–H groups in total. The van der Waals surface area contributed by atoms with Crippen LogP contribution in [0.5, 0.6) is 0 Å². The third-order valence-corrected chi connectivity index (χ3v) is 1.84. The van der Waals surface area contributed by atoms with Crippen LogP contribution < -0.4 is 9.79 Å². The van der Waals surface area contributed by atoms with Crippen molar-refractivity contribution in [3.8, 4) is 0 Å². The van der Waals surface area contributed by atoms with Gasteiger partial charge in [0.2, 0.25) is 0 Å². The third kappa shape index (κ3) is 5.63. The standard InChI is InChI=1S/C5H13O8P/c6-1-3(7)5(9)4(8)2-13-14(10,11)12/h3-9H,1-2H2,(H2,10,11,12)/p-2/t3-,4+,5-/m0/s1. The van der Waals surface area contributed by atoms with Gasteiger partial charge in [0, 0.05) is 0 Å². The lowest BCUT2D eigenvalue weighted by Crippen LogP contribution is -2.42. The Hall–Kier alpha value is -0.0500. The zero-order valence-corrected chi connectivity index (χ0v) is 7.91. The minimum atomic E-state index is -5.21. The van der Waals surface area contributed by atoms with E-state index < -0.39 is 39.3 Å². The first-order chi connectivity index (χ1) is 6.28. The average molecular weight is 230 g/mol. The highest BCUT2D eigenvalue weighted by molar-refractivity contribution is 7.43. The lowest BCUT2D eigenvalue weighted by Gasteiger charge is -2.31. The molecule has 3 atom stereocenters. The molecule has 0 rings (SSSR count). The SMILES string of the molecule is O=P([O-])([O-])OC[C@@H](O)[C@@H](O)[C@@H](O)CO. The van der Waals surface area contributed by atoms with Crippen LogP contribution in [0, 0.1) is 0 Å². The first-order valence-electron chi connectivity index (χ1n) is 3.59. The van der Waals surface area contributed by atoms with E-state index in [0.29, 0.717) is 0 Å². The van der Waals surface area contributed by atoms with Crippen LogP contribution in [0.2, 0.25) is 0 Å². The molecule has 14 heavy (non-hydrogen) atoms. The fourth-order valence-electron chi connectivity index (χ4n) is 0.631. The second-order valence-corrected chi connectivity index (χ2v) is 3.70. The maximum Gasteiger partial charge on any atom is 0.110 e. The number of rotatable bonds is 6. The molecule has 0 aliphatic carbocycles. The fraction of sp³-hybridized carbons (Fsp3) is 1.00. The van der Waals surface area contributed by atoms with Gasteiger partial charge < -0.3 is 39.3 Å². The van der Waals surface area contributed by atoms with Crippen LogP contribution in [0.25, 0.3) is 0 Å². The molecule has 0 aliphatic heterocycles. The molecule has 0 fully saturated rings. The maximum atomic E-state index is 9.94. The van der Waals surface area contributed by atoms with Crippen LogP contribution in [-0.2, 0) is 9.09 Å². The van der Waals surface area contributed by atoms with Crippen molar-refractivity contribution >= 4 is 7.82 Å². The molecular formula is C5H11O8P-2. The zero-order valence-electron chi connectivity index (χ0n) is 7.02. The number of phosphoric acid groups is 1. The van der Waals surface area contributed by atoms with Gasteiger partial charge in [-0.3, -0.25) is 0 Å². The Kier molecular flexibility index (Phi) is 5.72. The molecule has 0 radical (unpaired) electrons. The summed E-state index contributed by atoms with van der Waals surface area (Å²) in [5.41, 5.74) is 0. The molecule has 0 aliphatic rings. The van der Waals surface area contributed by atoms with Crippen molar-refractivity contribution in [2.45, 2.75) is 18.3 Å². The topological polar surface area (TPSA) is 153 Å². The minimum absolute atomic E-state index is 0.815. The van der Waals surface area contributed by atoms with Crippen LogP contribution in [0.15, 0.2) is 0 Å². The van der Waals surface area contributed by atoms with Crippen LogP contribution in [0.4, 0.5) is 0 Å². The molecule has 0 unspecified atom stereocenters. The number of aliphatic hydroxyl groups excluding tert-OH is 4. The molecule has 0 spiro atoms. The normalized spacial score (nSPS) is 19.0. The van der Waals surface area contributed by atoms with E-state index in [1.54, 1.807) is 0 Å². The van der Waals surface area contributed by atoms with E-state index in [4.69, 9.17) is 20.4 Å². The second kappa shape index (κ2) is 5.74. The number of phosphoric ester groups is 1. The van der Waals surface area contributed by atoms with Crippen LogP contribution in [0.3, 0.4) is 0 Å². The predicted octanol–water partition coefficient (Wildman–Crippen LogP) is -4.09. The molecule has 8 nitrogen and oxygen atoms in total. The smallest absolute Gasteiger partial charge is 0.110 e. The van der Waals surface area contributed by atoms with Crippen LogP contribution in [-0.4, -0.2) is 52.0 Å². The molecule has 0 amide bonds. The Morgan fingerprint density at radius 1 is 1.21 bits per heavy atom. The van der Waals surface area contributed by atoms with Crippen molar-refractivity contribution in [2.75, 3.05) is 13.2 Å². The maximum absolute atomic E-state index is 9.94. The van der Waals surface area contributed by atoms with Crippen LogP contribution >= 0.6 is 7.82 Å². The van der Waals surface area contributed by atoms with Crippen molar-refractivity contribution in [3.05, 3.63) is 0 Å². The van der Waals surface area contributed by atoms with Crippen molar-refractivity contribution in [1.29, 1.82) is 0 Å². The van der Waals surface area contributed by atoms with Crippen molar-refractivity contribution < 1.29 is 39.3 Å². The Labute approximate surface area is 79.6 Å². The van der Waals surface area contributed by atoms with Gasteiger partial charge in [-0.25, -0.2) is 0 Å². The highest BCUT2D eigenvalue weighted by Crippen LogP contribution is 2.24. The summed E-state index contributed by atoms with van der Waals surface area (Å²) in [6, 6.07) is 0. The van der Waals surface area contributed by atoms with Crippen molar-refractivity contribution in [2.24, 2.45) is 0 Å². The summed E-state index contributed by atoms with van der Waals surface area (Å²) in [5.74, 6) is 0. The van der Waals surface area contributed by atoms with Gasteiger partial charge in [0.15, 0.2) is 0 Å². The van der Waals surface area contributed by atoms with Crippen molar-refractivity contribution in [3.63, 3.8) is 0 Å². The van der Waals surface area contributed by atoms with Gasteiger partial charge in [-0.2, -0.15) is 0 Å². The first kappa shape index (κ1) is 13.9. The third-order valence-electron chi connectivity index (χ3n) is 1.38. The minimum Gasteiger partial charge on any atom is -0.790 e. The van der Waals surface area contributed by atoms with Gasteiger partial charge in [0.25, 0.3) is 0 Å². The second-order valence-electron chi connectivity index (χ2n) is 2.55. The van der Waals surface area contributed by atoms with E-state index in [-0.39, 0.29) is 0 Å². The molecule has 86 valence electrons. The Bertz CT molecular complexity index is 202. The molecule has 0 aromatic heterocycles. The predicted molar refractivity (Wildman–Crippen MR) is 38.7 cm³/mol. The van der Waals surface area contributed by atoms with E-state index in [2.05, 4.69) is 4.52 Å². The summed E-state index contributed by atoms with van der Waals surface area (Å²) in [6.07, 6.45) is -5.19. The highest BCUT2D eigenvalue weighted by Gasteiger charge is 2.24. The monoisotopic (exact) mass is 230 g/mol. The number of hydrogen-bond acceptors (Lipinski definition) is 8. The molecule has 0 aromatic rings. The number of hydrogen-bond donors (Lipinski definition) is 4. The molecule has 0 saturated heterocycles. The van der Waals surface area contributed by atoms with E-state index in [1.165, 1.54) is 0 Å². The lowest BCUT2D eigenvalue weighted by molar-refractivity contribution is -0.343. The summed E-state index contributed by atoms with van der Waals surface area (Å²) < 4.78 is 13.6. The molecule has 0 saturated carbocycles. The highest BCUT2D eigenvalue weighted by atomic mass is 31.2. The quantitative estimate of drug-likeness (QED) is 0.336. The zero-order chi connectivity index (χ0) is 11.4. The van der Waals surface area contributed by atoms with E-state index in [0.717, 1.165) is 0 Å². The Balaban J connectivity index is 3.96. The Morgan fingerprint density at radius 2 is 1.71 bits per heavy atom. The van der Waals surface area contributed by atoms with Gasteiger partial charge in [0.05, 0.1) is 21.0 Å². The van der Waals surface area contributed by atoms with Crippen molar-refractivity contribution in [1.82, 2.24) is 0 Å². The molecule has 0 bridgehead atoms. The fourth-order valence-corrected chi connectivity index (χ4v) is 0.966. The molecule has 0 heterocycles. The summed E-state index contributed by atoms with van der Waals surface area (Å²) in [7, 11) is -5.21. The van der Waals surface area contributed by atoms with Gasteiger partial charge in [-0.15, -0.1) is 0 Å². The molecule has 0 aromatic carbocycles. The molecule has 9 heteroatoms. The van der Waals surface area contributed by atoms with E-state index in [9.17, 15) is 14.4 Å². The molecular weight excluding hydrogens is 219 g/mol. The van der Waals surface area contributed by atoms with E-state index >= 15 is 0 Å². The van der Waals surface area contributed by atoms with Gasteiger partial charge >= 0.3 is 0 Å². The first-order valence-corrected chi connectivity index (χ1v) is 5.05. The summed E-state index contributed by atoms with van der Waals surface area (Å²) in [6.45, 7) is -1.78. The van der Waals surface area contributed by atoms with Gasteiger partial charge in [-0.1, -0.05) is 0 Å². The summed E-state index contributed by atoms with van der Waals surface area (Å²) in [5, 5.41) is 35.0. The summed E-state index contributed by atoms with van der Waals surface area (Å²) >= 11 is 0.